The first-order valence-electron chi connectivity index (χ1n) is 3.33. The number of rotatable bonds is 3. The quantitative estimate of drug-likeness (QED) is 0.607. The summed E-state index contributed by atoms with van der Waals surface area (Å²) in [4.78, 5) is 19.0. The van der Waals surface area contributed by atoms with Crippen LogP contribution in [0.15, 0.2) is 30.3 Å². The Labute approximate surface area is 131 Å². The van der Waals surface area contributed by atoms with Crippen molar-refractivity contribution >= 4 is 72.4 Å². The Kier molecular flexibility index (Phi) is 9.48. The molecular formula is C7H9Na2O5P. The van der Waals surface area contributed by atoms with Gasteiger partial charge in [0.2, 0.25) is 0 Å². The van der Waals surface area contributed by atoms with E-state index < -0.39 is 13.3 Å². The molecule has 0 amide bonds. The van der Waals surface area contributed by atoms with Crippen LogP contribution >= 0.6 is 7.60 Å². The molecular weight excluding hydrogens is 241 g/mol. The first-order chi connectivity index (χ1) is 6.02. The third-order valence-corrected chi connectivity index (χ3v) is 2.16. The fourth-order valence-electron chi connectivity index (χ4n) is 0.663. The maximum absolute atomic E-state index is 10.8. The van der Waals surface area contributed by atoms with Crippen molar-refractivity contribution in [1.82, 2.24) is 0 Å². The predicted molar refractivity (Wildman–Crippen MR) is 59.2 cm³/mol. The summed E-state index contributed by atoms with van der Waals surface area (Å²) < 4.78 is 15.2. The molecule has 0 aromatic heterocycles. The molecule has 8 heteroatoms. The normalized spacial score (nSPS) is 12.6. The fraction of sp³-hybridized carbons (Fsp3) is 0. The van der Waals surface area contributed by atoms with Gasteiger partial charge < -0.3 is 14.5 Å². The van der Waals surface area contributed by atoms with E-state index in [-0.39, 0.29) is 64.9 Å². The SMILES string of the molecule is O=C(O)P(=O)(O)Oc1ccccc1.[NaH].[NaH]. The summed E-state index contributed by atoms with van der Waals surface area (Å²) in [5.74, 6) is 0.0516. The number of carbonyl (C=O) groups is 1. The van der Waals surface area contributed by atoms with Crippen LogP contribution in [0.4, 0.5) is 4.79 Å². The first-order valence-corrected chi connectivity index (χ1v) is 4.91. The predicted octanol–water partition coefficient (Wildman–Crippen LogP) is 0.632. The van der Waals surface area contributed by atoms with Crippen LogP contribution in [0.3, 0.4) is 0 Å². The summed E-state index contributed by atoms with van der Waals surface area (Å²) in [6.07, 6.45) is 0. The maximum atomic E-state index is 10.8. The third-order valence-electron chi connectivity index (χ3n) is 1.21. The van der Waals surface area contributed by atoms with Gasteiger partial charge in [0.25, 0.3) is 0 Å². The molecule has 1 atom stereocenters. The summed E-state index contributed by atoms with van der Waals surface area (Å²) in [6, 6.07) is 7.60. The van der Waals surface area contributed by atoms with E-state index in [0.717, 1.165) is 0 Å². The van der Waals surface area contributed by atoms with Crippen molar-refractivity contribution in [2.45, 2.75) is 0 Å². The molecule has 15 heavy (non-hydrogen) atoms. The van der Waals surface area contributed by atoms with E-state index in [1.54, 1.807) is 18.2 Å². The summed E-state index contributed by atoms with van der Waals surface area (Å²) in [5.41, 5.74) is -1.86. The Morgan fingerprint density at radius 3 is 2.07 bits per heavy atom. The minimum atomic E-state index is -4.57. The van der Waals surface area contributed by atoms with Gasteiger partial charge in [-0.15, -0.1) is 0 Å². The van der Waals surface area contributed by atoms with Crippen LogP contribution in [0.25, 0.3) is 0 Å². The van der Waals surface area contributed by atoms with Gasteiger partial charge in [0, 0.05) is 0 Å². The first kappa shape index (κ1) is 18.1. The number of carboxylic acid groups (broad SMARTS) is 1. The molecule has 0 saturated heterocycles. The van der Waals surface area contributed by atoms with Crippen LogP contribution in [-0.4, -0.2) is 74.8 Å². The zero-order valence-corrected chi connectivity index (χ0v) is 7.35. The molecule has 1 aromatic carbocycles. The summed E-state index contributed by atoms with van der Waals surface area (Å²) >= 11 is 0. The topological polar surface area (TPSA) is 83.8 Å². The molecule has 1 unspecified atom stereocenters. The Bertz CT molecular complexity index is 356. The van der Waals surface area contributed by atoms with Gasteiger partial charge >= 0.3 is 72.4 Å². The van der Waals surface area contributed by atoms with E-state index in [0.29, 0.717) is 0 Å². The van der Waals surface area contributed by atoms with Crippen LogP contribution < -0.4 is 4.52 Å². The summed E-state index contributed by atoms with van der Waals surface area (Å²) in [5, 5.41) is 8.26. The molecule has 0 aliphatic carbocycles. The van der Waals surface area contributed by atoms with E-state index in [4.69, 9.17) is 10.00 Å². The van der Waals surface area contributed by atoms with Crippen molar-refractivity contribution in [3.05, 3.63) is 30.3 Å². The molecule has 74 valence electrons. The van der Waals surface area contributed by atoms with E-state index in [9.17, 15) is 9.36 Å². The van der Waals surface area contributed by atoms with Crippen molar-refractivity contribution in [3.8, 4) is 5.75 Å². The Morgan fingerprint density at radius 2 is 1.67 bits per heavy atom. The standard InChI is InChI=1S/C7H7O5P.2Na.2H/c8-7(9)13(10,11)12-6-4-2-1-3-5-6;;;;/h1-5H,(H,8,9)(H,10,11);;;;. The number of para-hydroxylation sites is 1. The second kappa shape index (κ2) is 7.87. The van der Waals surface area contributed by atoms with Crippen molar-refractivity contribution in [3.63, 3.8) is 0 Å². The van der Waals surface area contributed by atoms with Crippen LogP contribution in [0.1, 0.15) is 0 Å². The van der Waals surface area contributed by atoms with Crippen LogP contribution in [0, 0.1) is 0 Å². The zero-order valence-electron chi connectivity index (χ0n) is 6.45. The molecule has 0 heterocycles. The molecule has 5 nitrogen and oxygen atoms in total. The van der Waals surface area contributed by atoms with Crippen molar-refractivity contribution in [2.75, 3.05) is 0 Å². The monoisotopic (exact) mass is 250 g/mol. The van der Waals surface area contributed by atoms with Gasteiger partial charge in [-0.25, -0.2) is 9.36 Å². The van der Waals surface area contributed by atoms with Gasteiger partial charge in [-0.05, 0) is 12.1 Å². The van der Waals surface area contributed by atoms with Crippen LogP contribution in [-0.2, 0) is 4.57 Å². The van der Waals surface area contributed by atoms with Gasteiger partial charge in [-0.2, -0.15) is 0 Å². The molecule has 0 spiro atoms. The van der Waals surface area contributed by atoms with Gasteiger partial charge in [0.1, 0.15) is 5.75 Å². The minimum absolute atomic E-state index is 0. The van der Waals surface area contributed by atoms with E-state index in [1.807, 2.05) is 0 Å². The molecule has 0 aliphatic rings. The van der Waals surface area contributed by atoms with E-state index >= 15 is 0 Å². The number of hydrogen-bond acceptors (Lipinski definition) is 3. The third kappa shape index (κ3) is 6.09. The fourth-order valence-corrected chi connectivity index (χ4v) is 1.15. The Hall–Kier alpha value is 0.680. The van der Waals surface area contributed by atoms with Gasteiger partial charge in [-0.3, -0.25) is 0 Å². The summed E-state index contributed by atoms with van der Waals surface area (Å²) in [6.45, 7) is 0. The molecule has 0 aliphatic heterocycles. The van der Waals surface area contributed by atoms with E-state index in [1.165, 1.54) is 12.1 Å². The second-order valence-electron chi connectivity index (χ2n) is 2.21. The van der Waals surface area contributed by atoms with Gasteiger partial charge in [0.15, 0.2) is 0 Å². The molecule has 2 N–H and O–H groups in total. The van der Waals surface area contributed by atoms with Crippen LogP contribution in [0.5, 0.6) is 5.75 Å². The van der Waals surface area contributed by atoms with Crippen LogP contribution in [0.2, 0.25) is 0 Å². The average molecular weight is 250 g/mol. The molecule has 0 radical (unpaired) electrons. The van der Waals surface area contributed by atoms with Gasteiger partial charge in [-0.1, -0.05) is 18.2 Å². The van der Waals surface area contributed by atoms with Gasteiger partial charge in [0.05, 0.1) is 0 Å². The molecule has 1 rings (SSSR count). The Balaban J connectivity index is 0. The second-order valence-corrected chi connectivity index (χ2v) is 3.81. The molecule has 0 bridgehead atoms. The molecule has 1 aromatic rings. The zero-order chi connectivity index (χ0) is 9.90. The molecule has 0 fully saturated rings. The Morgan fingerprint density at radius 1 is 1.20 bits per heavy atom. The van der Waals surface area contributed by atoms with E-state index in [2.05, 4.69) is 4.52 Å². The summed E-state index contributed by atoms with van der Waals surface area (Å²) in [7, 11) is -4.57. The van der Waals surface area contributed by atoms with Crippen molar-refractivity contribution in [2.24, 2.45) is 0 Å². The number of benzene rings is 1. The number of hydrogen-bond donors (Lipinski definition) is 2. The molecule has 0 saturated carbocycles. The van der Waals surface area contributed by atoms with Crippen molar-refractivity contribution in [1.29, 1.82) is 0 Å². The average Bonchev–Trinajstić information content (AvgIpc) is 2.05. The van der Waals surface area contributed by atoms with Crippen molar-refractivity contribution < 1.29 is 23.9 Å².